The minimum atomic E-state index is 0.869. The van der Waals surface area contributed by atoms with Crippen LogP contribution in [0.3, 0.4) is 0 Å². The minimum Gasteiger partial charge on any atom is -0.340 e. The van der Waals surface area contributed by atoms with Crippen molar-refractivity contribution in [3.63, 3.8) is 0 Å². The zero-order chi connectivity index (χ0) is 12.4. The number of aryl methyl sites for hydroxylation is 3. The highest BCUT2D eigenvalue weighted by atomic mass is 79.9. The molecule has 0 spiro atoms. The van der Waals surface area contributed by atoms with Crippen LogP contribution in [0.5, 0.6) is 0 Å². The van der Waals surface area contributed by atoms with Gasteiger partial charge in [0.1, 0.15) is 5.82 Å². The van der Waals surface area contributed by atoms with Gasteiger partial charge in [-0.15, -0.1) is 0 Å². The summed E-state index contributed by atoms with van der Waals surface area (Å²) in [7, 11) is 0. The van der Waals surface area contributed by atoms with Gasteiger partial charge in [0.2, 0.25) is 0 Å². The largest absolute Gasteiger partial charge is 0.340 e. The fourth-order valence-corrected chi connectivity index (χ4v) is 1.79. The first-order chi connectivity index (χ1) is 8.06. The molecule has 0 amide bonds. The highest BCUT2D eigenvalue weighted by Gasteiger charge is 2.00. The van der Waals surface area contributed by atoms with Crippen LogP contribution in [0.4, 0.5) is 11.5 Å². The van der Waals surface area contributed by atoms with E-state index < -0.39 is 0 Å². The number of hydrogen-bond acceptors (Lipinski definition) is 2. The Balaban J connectivity index is 2.25. The molecule has 3 heteroatoms. The number of aromatic nitrogens is 1. The standard InChI is InChI=1S/C14H15BrN2/c1-9-4-5-12(6-10(9)2)17-14-7-11(3)13(15)8-16-14/h4-8H,1-3H3,(H,16,17). The number of pyridine rings is 1. The molecule has 0 saturated heterocycles. The average molecular weight is 291 g/mol. The van der Waals surface area contributed by atoms with Crippen molar-refractivity contribution in [1.29, 1.82) is 0 Å². The van der Waals surface area contributed by atoms with Crippen LogP contribution < -0.4 is 5.32 Å². The van der Waals surface area contributed by atoms with Crippen LogP contribution in [-0.4, -0.2) is 4.98 Å². The molecule has 1 N–H and O–H groups in total. The topological polar surface area (TPSA) is 24.9 Å². The summed E-state index contributed by atoms with van der Waals surface area (Å²) in [6, 6.07) is 8.35. The Hall–Kier alpha value is -1.35. The molecule has 0 aliphatic heterocycles. The quantitative estimate of drug-likeness (QED) is 0.880. The lowest BCUT2D eigenvalue weighted by atomic mass is 10.1. The van der Waals surface area contributed by atoms with Crippen molar-refractivity contribution in [3.05, 3.63) is 51.6 Å². The van der Waals surface area contributed by atoms with Crippen LogP contribution in [0.1, 0.15) is 16.7 Å². The van der Waals surface area contributed by atoms with Gasteiger partial charge in [-0.05, 0) is 71.6 Å². The molecule has 0 fully saturated rings. The molecule has 2 rings (SSSR count). The van der Waals surface area contributed by atoms with Gasteiger partial charge < -0.3 is 5.32 Å². The van der Waals surface area contributed by atoms with Crippen molar-refractivity contribution in [3.8, 4) is 0 Å². The van der Waals surface area contributed by atoms with Crippen molar-refractivity contribution in [2.45, 2.75) is 20.8 Å². The van der Waals surface area contributed by atoms with Gasteiger partial charge in [-0.25, -0.2) is 4.98 Å². The normalized spacial score (nSPS) is 10.4. The van der Waals surface area contributed by atoms with E-state index in [2.05, 4.69) is 65.2 Å². The van der Waals surface area contributed by atoms with E-state index in [1.807, 2.05) is 12.3 Å². The van der Waals surface area contributed by atoms with Crippen LogP contribution in [0.2, 0.25) is 0 Å². The first-order valence-corrected chi connectivity index (χ1v) is 6.32. The number of anilines is 2. The second kappa shape index (κ2) is 4.88. The minimum absolute atomic E-state index is 0.869. The molecule has 0 radical (unpaired) electrons. The van der Waals surface area contributed by atoms with E-state index in [0.717, 1.165) is 16.0 Å². The lowest BCUT2D eigenvalue weighted by Crippen LogP contribution is -1.95. The van der Waals surface area contributed by atoms with Crippen LogP contribution in [0.15, 0.2) is 34.9 Å². The lowest BCUT2D eigenvalue weighted by Gasteiger charge is -2.09. The maximum atomic E-state index is 4.33. The SMILES string of the molecule is Cc1ccc(Nc2cc(C)c(Br)cn2)cc1C. The number of halogens is 1. The molecule has 88 valence electrons. The predicted molar refractivity (Wildman–Crippen MR) is 75.9 cm³/mol. The van der Waals surface area contributed by atoms with Crippen molar-refractivity contribution < 1.29 is 0 Å². The Bertz CT molecular complexity index is 500. The number of benzene rings is 1. The molecule has 1 heterocycles. The molecule has 0 bridgehead atoms. The third-order valence-electron chi connectivity index (χ3n) is 2.83. The zero-order valence-corrected chi connectivity index (χ0v) is 11.8. The number of hydrogen-bond donors (Lipinski definition) is 1. The lowest BCUT2D eigenvalue weighted by molar-refractivity contribution is 1.25. The summed E-state index contributed by atoms with van der Waals surface area (Å²) in [5.74, 6) is 0.869. The first kappa shape index (κ1) is 12.1. The zero-order valence-electron chi connectivity index (χ0n) is 10.2. The van der Waals surface area contributed by atoms with Gasteiger partial charge >= 0.3 is 0 Å². The molecule has 2 nitrogen and oxygen atoms in total. The summed E-state index contributed by atoms with van der Waals surface area (Å²) in [6.07, 6.45) is 1.82. The highest BCUT2D eigenvalue weighted by Crippen LogP contribution is 2.21. The molecule has 17 heavy (non-hydrogen) atoms. The van der Waals surface area contributed by atoms with Gasteiger partial charge in [-0.1, -0.05) is 6.07 Å². The van der Waals surface area contributed by atoms with Gasteiger partial charge in [-0.2, -0.15) is 0 Å². The second-order valence-corrected chi connectivity index (χ2v) is 5.10. The van der Waals surface area contributed by atoms with Gasteiger partial charge in [0.25, 0.3) is 0 Å². The molecular weight excluding hydrogens is 276 g/mol. The molecule has 0 aliphatic carbocycles. The van der Waals surface area contributed by atoms with Gasteiger partial charge in [0.15, 0.2) is 0 Å². The Labute approximate surface area is 110 Å². The van der Waals surface area contributed by atoms with Crippen LogP contribution in [-0.2, 0) is 0 Å². The molecule has 1 aromatic heterocycles. The predicted octanol–water partition coefficient (Wildman–Crippen LogP) is 4.51. The fraction of sp³-hybridized carbons (Fsp3) is 0.214. The molecule has 0 atom stereocenters. The van der Waals surface area contributed by atoms with Crippen LogP contribution in [0, 0.1) is 20.8 Å². The van der Waals surface area contributed by atoms with Crippen molar-refractivity contribution in [1.82, 2.24) is 4.98 Å². The summed E-state index contributed by atoms with van der Waals surface area (Å²) in [5, 5.41) is 3.31. The maximum absolute atomic E-state index is 4.33. The van der Waals surface area contributed by atoms with Crippen LogP contribution in [0.25, 0.3) is 0 Å². The Morgan fingerprint density at radius 2 is 1.76 bits per heavy atom. The fourth-order valence-electron chi connectivity index (χ4n) is 1.57. The third-order valence-corrected chi connectivity index (χ3v) is 3.66. The number of nitrogens with zero attached hydrogens (tertiary/aromatic N) is 1. The highest BCUT2D eigenvalue weighted by molar-refractivity contribution is 9.10. The Kier molecular flexibility index (Phi) is 3.48. The summed E-state index contributed by atoms with van der Waals surface area (Å²) >= 11 is 3.45. The van der Waals surface area contributed by atoms with Crippen molar-refractivity contribution in [2.24, 2.45) is 0 Å². The molecule has 0 unspecified atom stereocenters. The molecule has 1 aromatic carbocycles. The van der Waals surface area contributed by atoms with Crippen molar-refractivity contribution in [2.75, 3.05) is 5.32 Å². The summed E-state index contributed by atoms with van der Waals surface area (Å²) in [5.41, 5.74) is 4.83. The van der Waals surface area contributed by atoms with E-state index in [0.29, 0.717) is 0 Å². The third kappa shape index (κ3) is 2.86. The Morgan fingerprint density at radius 3 is 2.41 bits per heavy atom. The monoisotopic (exact) mass is 290 g/mol. The first-order valence-electron chi connectivity index (χ1n) is 5.52. The maximum Gasteiger partial charge on any atom is 0.130 e. The number of nitrogens with one attached hydrogen (secondary N) is 1. The summed E-state index contributed by atoms with van der Waals surface area (Å²) in [4.78, 5) is 4.33. The summed E-state index contributed by atoms with van der Waals surface area (Å²) < 4.78 is 1.03. The Morgan fingerprint density at radius 1 is 1.00 bits per heavy atom. The molecule has 2 aromatic rings. The number of rotatable bonds is 2. The van der Waals surface area contributed by atoms with E-state index in [9.17, 15) is 0 Å². The van der Waals surface area contributed by atoms with E-state index in [1.165, 1.54) is 16.7 Å². The smallest absolute Gasteiger partial charge is 0.130 e. The van der Waals surface area contributed by atoms with Crippen LogP contribution >= 0.6 is 15.9 Å². The van der Waals surface area contributed by atoms with Crippen molar-refractivity contribution >= 4 is 27.4 Å². The summed E-state index contributed by atoms with van der Waals surface area (Å²) in [6.45, 7) is 6.28. The van der Waals surface area contributed by atoms with Gasteiger partial charge in [-0.3, -0.25) is 0 Å². The average Bonchev–Trinajstić information content (AvgIpc) is 2.29. The van der Waals surface area contributed by atoms with E-state index in [4.69, 9.17) is 0 Å². The molecule has 0 saturated carbocycles. The van der Waals surface area contributed by atoms with E-state index in [-0.39, 0.29) is 0 Å². The second-order valence-electron chi connectivity index (χ2n) is 4.24. The van der Waals surface area contributed by atoms with E-state index in [1.54, 1.807) is 0 Å². The molecule has 0 aliphatic rings. The van der Waals surface area contributed by atoms with Gasteiger partial charge in [0, 0.05) is 16.4 Å². The van der Waals surface area contributed by atoms with E-state index >= 15 is 0 Å². The van der Waals surface area contributed by atoms with Gasteiger partial charge in [0.05, 0.1) is 0 Å². The molecular formula is C14H15BrN2.